The monoisotopic (exact) mass is 485 g/mol. The van der Waals surface area contributed by atoms with Crippen LogP contribution in [0.1, 0.15) is 27.9 Å². The molecule has 2 aliphatic heterocycles. The highest BCUT2D eigenvalue weighted by Crippen LogP contribution is 2.51. The number of nitrogen functional groups attached to an aromatic ring is 1. The van der Waals surface area contributed by atoms with E-state index in [1.807, 2.05) is 6.07 Å². The molecule has 2 atom stereocenters. The van der Waals surface area contributed by atoms with Crippen LogP contribution in [-0.4, -0.2) is 57.3 Å². The number of alkyl halides is 1. The Kier molecular flexibility index (Phi) is 5.80. The van der Waals surface area contributed by atoms with Gasteiger partial charge in [0, 0.05) is 62.0 Å². The van der Waals surface area contributed by atoms with Crippen LogP contribution in [0.2, 0.25) is 0 Å². The highest BCUT2D eigenvalue weighted by molar-refractivity contribution is 14.1. The van der Waals surface area contributed by atoms with Gasteiger partial charge in [0.1, 0.15) is 5.75 Å². The molecule has 0 spiro atoms. The zero-order valence-electron chi connectivity index (χ0n) is 15.8. The van der Waals surface area contributed by atoms with Crippen LogP contribution in [0.15, 0.2) is 6.07 Å². The molecule has 2 fully saturated rings. The minimum atomic E-state index is -0.0267. The number of anilines is 1. The first kappa shape index (κ1) is 19.3. The zero-order chi connectivity index (χ0) is 19.0. The molecule has 1 saturated heterocycles. The third-order valence-corrected chi connectivity index (χ3v) is 7.09. The van der Waals surface area contributed by atoms with Gasteiger partial charge in [0.05, 0.1) is 12.2 Å². The van der Waals surface area contributed by atoms with Gasteiger partial charge < -0.3 is 25.4 Å². The van der Waals surface area contributed by atoms with Gasteiger partial charge in [-0.25, -0.2) is 0 Å². The molecule has 7 heteroatoms. The maximum absolute atomic E-state index is 12.8. The predicted octanol–water partition coefficient (Wildman–Crippen LogP) is 2.08. The molecule has 27 heavy (non-hydrogen) atoms. The third-order valence-electron chi connectivity index (χ3n) is 6.26. The molecule has 4 rings (SSSR count). The number of carbonyl (C=O) groups is 1. The Balaban J connectivity index is 1.31. The molecule has 1 amide bonds. The van der Waals surface area contributed by atoms with E-state index >= 15 is 0 Å². The number of carbonyl (C=O) groups excluding carboxylic acids is 1. The molecule has 6 nitrogen and oxygen atoms in total. The van der Waals surface area contributed by atoms with Crippen LogP contribution < -0.4 is 15.8 Å². The van der Waals surface area contributed by atoms with Crippen molar-refractivity contribution in [1.82, 2.24) is 10.2 Å². The number of hydrogen-bond donors (Lipinski definition) is 2. The Morgan fingerprint density at radius 3 is 2.93 bits per heavy atom. The lowest BCUT2D eigenvalue weighted by Gasteiger charge is -2.19. The van der Waals surface area contributed by atoms with Gasteiger partial charge in [0.25, 0.3) is 5.91 Å². The van der Waals surface area contributed by atoms with Crippen molar-refractivity contribution in [3.8, 4) is 5.75 Å². The van der Waals surface area contributed by atoms with E-state index in [9.17, 15) is 4.79 Å². The van der Waals surface area contributed by atoms with Gasteiger partial charge in [-0.2, -0.15) is 0 Å². The number of nitrogens with one attached hydrogen (secondary N) is 1. The summed E-state index contributed by atoms with van der Waals surface area (Å²) in [6.45, 7) is 5.64. The van der Waals surface area contributed by atoms with E-state index in [2.05, 4.69) is 32.8 Å². The lowest BCUT2D eigenvalue weighted by atomic mass is 10.0. The van der Waals surface area contributed by atoms with E-state index < -0.39 is 0 Å². The number of piperidine rings is 1. The topological polar surface area (TPSA) is 76.8 Å². The van der Waals surface area contributed by atoms with Crippen molar-refractivity contribution in [1.29, 1.82) is 0 Å². The molecule has 2 heterocycles. The number of nitrogens with two attached hydrogens (primary N) is 1. The molecule has 1 aromatic rings. The molecule has 1 aliphatic carbocycles. The molecule has 148 valence electrons. The number of fused-ring (bicyclic) bond motifs is 2. The van der Waals surface area contributed by atoms with E-state index in [1.54, 1.807) is 7.11 Å². The third kappa shape index (κ3) is 3.78. The maximum atomic E-state index is 12.8. The maximum Gasteiger partial charge on any atom is 0.255 e. The first-order valence-electron chi connectivity index (χ1n) is 9.76. The first-order valence-corrected chi connectivity index (χ1v) is 11.3. The molecule has 0 aromatic heterocycles. The number of ether oxygens (including phenoxy) is 2. The fourth-order valence-corrected chi connectivity index (χ4v) is 5.34. The highest BCUT2D eigenvalue weighted by Gasteiger charge is 2.54. The van der Waals surface area contributed by atoms with Gasteiger partial charge in [-0.1, -0.05) is 22.6 Å². The molecule has 1 aromatic carbocycles. The number of likely N-dealkylation sites (tertiary alicyclic amines) is 1. The standard InChI is InChI=1S/C20H28IN3O3/c1-26-5-2-4-24-10-16-15(17(16)11-24)9-23-20(25)14-7-12(8-21)18(22)13-3-6-27-19(13)14/h7,15-17H,2-6,8-11,22H2,1H3,(H,23,25). The number of benzene rings is 1. The molecule has 0 bridgehead atoms. The second kappa shape index (κ2) is 8.13. The Morgan fingerprint density at radius 1 is 1.44 bits per heavy atom. The fourth-order valence-electron chi connectivity index (χ4n) is 4.70. The normalized spacial score (nSPS) is 25.8. The van der Waals surface area contributed by atoms with Crippen molar-refractivity contribution in [3.05, 3.63) is 22.8 Å². The smallest absolute Gasteiger partial charge is 0.255 e. The first-order chi connectivity index (χ1) is 13.1. The van der Waals surface area contributed by atoms with Crippen LogP contribution in [-0.2, 0) is 15.6 Å². The van der Waals surface area contributed by atoms with Gasteiger partial charge in [-0.15, -0.1) is 0 Å². The van der Waals surface area contributed by atoms with Gasteiger partial charge >= 0.3 is 0 Å². The van der Waals surface area contributed by atoms with Crippen LogP contribution in [0.4, 0.5) is 5.69 Å². The summed E-state index contributed by atoms with van der Waals surface area (Å²) in [4.78, 5) is 15.3. The van der Waals surface area contributed by atoms with Crippen LogP contribution in [0.3, 0.4) is 0 Å². The van der Waals surface area contributed by atoms with E-state index in [0.29, 0.717) is 23.8 Å². The Hall–Kier alpha value is -1.06. The van der Waals surface area contributed by atoms with Crippen molar-refractivity contribution >= 4 is 34.2 Å². The molecular weight excluding hydrogens is 457 g/mol. The Labute approximate surface area is 174 Å². The van der Waals surface area contributed by atoms with Crippen molar-refractivity contribution in [2.24, 2.45) is 17.8 Å². The van der Waals surface area contributed by atoms with Crippen LogP contribution in [0, 0.1) is 17.8 Å². The van der Waals surface area contributed by atoms with E-state index in [1.165, 1.54) is 0 Å². The van der Waals surface area contributed by atoms with Gasteiger partial charge in [0.15, 0.2) is 0 Å². The van der Waals surface area contributed by atoms with Crippen molar-refractivity contribution in [2.75, 3.05) is 52.2 Å². The average Bonchev–Trinajstić information content (AvgIpc) is 3.06. The Morgan fingerprint density at radius 2 is 2.22 bits per heavy atom. The van der Waals surface area contributed by atoms with Crippen LogP contribution in [0.5, 0.6) is 5.75 Å². The lowest BCUT2D eigenvalue weighted by molar-refractivity contribution is 0.0946. The number of methoxy groups -OCH3 is 1. The van der Waals surface area contributed by atoms with E-state index in [4.69, 9.17) is 15.2 Å². The summed E-state index contributed by atoms with van der Waals surface area (Å²) in [6, 6.07) is 1.91. The van der Waals surface area contributed by atoms with Crippen molar-refractivity contribution in [2.45, 2.75) is 17.3 Å². The SMILES string of the molecule is COCCCN1CC2C(CNC(=O)c3cc(CI)c(N)c4c3OCC4)C2C1. The summed E-state index contributed by atoms with van der Waals surface area (Å²) in [5.74, 6) is 2.77. The summed E-state index contributed by atoms with van der Waals surface area (Å²) in [5.41, 5.74) is 9.71. The van der Waals surface area contributed by atoms with Gasteiger partial charge in [-0.3, -0.25) is 4.79 Å². The quantitative estimate of drug-likeness (QED) is 0.255. The summed E-state index contributed by atoms with van der Waals surface area (Å²) >= 11 is 2.29. The second-order valence-corrected chi connectivity index (χ2v) is 8.61. The zero-order valence-corrected chi connectivity index (χ0v) is 18.0. The molecule has 2 unspecified atom stereocenters. The number of amides is 1. The lowest BCUT2D eigenvalue weighted by Crippen LogP contribution is -2.31. The number of halogens is 1. The van der Waals surface area contributed by atoms with Gasteiger partial charge in [-0.05, 0) is 35.8 Å². The average molecular weight is 485 g/mol. The molecular formula is C20H28IN3O3. The molecule has 0 radical (unpaired) electrons. The summed E-state index contributed by atoms with van der Waals surface area (Å²) in [5, 5.41) is 3.16. The second-order valence-electron chi connectivity index (χ2n) is 7.84. The van der Waals surface area contributed by atoms with Crippen LogP contribution in [0.25, 0.3) is 0 Å². The summed E-state index contributed by atoms with van der Waals surface area (Å²) < 4.78 is 11.7. The largest absolute Gasteiger partial charge is 0.492 e. The van der Waals surface area contributed by atoms with Gasteiger partial charge in [0.2, 0.25) is 0 Å². The minimum Gasteiger partial charge on any atom is -0.492 e. The molecule has 3 aliphatic rings. The molecule has 3 N–H and O–H groups in total. The van der Waals surface area contributed by atoms with Crippen molar-refractivity contribution < 1.29 is 14.3 Å². The highest BCUT2D eigenvalue weighted by atomic mass is 127. The fraction of sp³-hybridized carbons (Fsp3) is 0.650. The van der Waals surface area contributed by atoms with Crippen molar-refractivity contribution in [3.63, 3.8) is 0 Å². The van der Waals surface area contributed by atoms with E-state index in [-0.39, 0.29) is 5.91 Å². The number of rotatable bonds is 8. The summed E-state index contributed by atoms with van der Waals surface area (Å²) in [7, 11) is 1.75. The predicted molar refractivity (Wildman–Crippen MR) is 114 cm³/mol. The Bertz CT molecular complexity index is 715. The van der Waals surface area contributed by atoms with E-state index in [0.717, 1.165) is 78.7 Å². The number of nitrogens with zero attached hydrogens (tertiary/aromatic N) is 1. The molecule has 1 saturated carbocycles. The summed E-state index contributed by atoms with van der Waals surface area (Å²) in [6.07, 6.45) is 1.89. The number of hydrogen-bond acceptors (Lipinski definition) is 5. The van der Waals surface area contributed by atoms with Crippen LogP contribution >= 0.6 is 22.6 Å². The minimum absolute atomic E-state index is 0.0267.